The van der Waals surface area contributed by atoms with Gasteiger partial charge in [-0.1, -0.05) is 43.2 Å². The van der Waals surface area contributed by atoms with Crippen molar-refractivity contribution < 1.29 is 4.79 Å². The van der Waals surface area contributed by atoms with Crippen molar-refractivity contribution in [2.75, 3.05) is 0 Å². The minimum atomic E-state index is -0.374. The lowest BCUT2D eigenvalue weighted by Gasteiger charge is -2.10. The van der Waals surface area contributed by atoms with E-state index in [1.54, 1.807) is 13.1 Å². The molecule has 0 atom stereocenters. The van der Waals surface area contributed by atoms with E-state index >= 15 is 0 Å². The highest BCUT2D eigenvalue weighted by Crippen LogP contribution is 2.23. The van der Waals surface area contributed by atoms with Crippen LogP contribution in [0.1, 0.15) is 40.9 Å². The van der Waals surface area contributed by atoms with Gasteiger partial charge in [0.15, 0.2) is 0 Å². The van der Waals surface area contributed by atoms with Crippen molar-refractivity contribution in [1.82, 2.24) is 14.5 Å². The van der Waals surface area contributed by atoms with Crippen LogP contribution in [0.5, 0.6) is 0 Å². The largest absolute Gasteiger partial charge is 0.349 e. The zero-order valence-electron chi connectivity index (χ0n) is 15.1. The van der Waals surface area contributed by atoms with Crippen molar-refractivity contribution in [3.8, 4) is 0 Å². The number of carbonyl (C=O) groups is 1. The molecule has 0 bridgehead atoms. The molecule has 1 aliphatic rings. The Bertz CT molecular complexity index is 1110. The predicted molar refractivity (Wildman–Crippen MR) is 107 cm³/mol. The molecule has 0 unspecified atom stereocenters. The first-order valence-electron chi connectivity index (χ1n) is 9.13. The lowest BCUT2D eigenvalue weighted by atomic mass is 10.2. The van der Waals surface area contributed by atoms with Crippen molar-refractivity contribution in [3.05, 3.63) is 67.7 Å². The molecular formula is C20H21N3O3S. The molecule has 6 nitrogen and oxygen atoms in total. The van der Waals surface area contributed by atoms with Crippen LogP contribution in [0.3, 0.4) is 0 Å². The van der Waals surface area contributed by atoms with Gasteiger partial charge in [-0.15, -0.1) is 11.3 Å². The summed E-state index contributed by atoms with van der Waals surface area (Å²) in [6.45, 7) is 0.210. The second kappa shape index (κ2) is 7.15. The van der Waals surface area contributed by atoms with Crippen LogP contribution in [0.4, 0.5) is 0 Å². The van der Waals surface area contributed by atoms with Crippen LogP contribution in [-0.2, 0) is 13.6 Å². The number of rotatable bonds is 4. The molecule has 2 aromatic heterocycles. The fraction of sp³-hybridized carbons (Fsp3) is 0.350. The predicted octanol–water partition coefficient (Wildman–Crippen LogP) is 2.48. The molecule has 1 aliphatic carbocycles. The van der Waals surface area contributed by atoms with Crippen molar-refractivity contribution in [1.29, 1.82) is 0 Å². The van der Waals surface area contributed by atoms with Crippen LogP contribution in [0, 0.1) is 0 Å². The zero-order chi connectivity index (χ0) is 19.0. The van der Waals surface area contributed by atoms with Crippen LogP contribution < -0.4 is 16.6 Å². The van der Waals surface area contributed by atoms with Crippen LogP contribution in [0.25, 0.3) is 10.2 Å². The van der Waals surface area contributed by atoms with E-state index in [0.29, 0.717) is 15.1 Å². The number of benzene rings is 1. The SMILES string of the molecule is Cn1c(=O)n(Cc2ccccc2)c(=O)c2cc(C(=O)NC3CCCC3)sc21. The quantitative estimate of drug-likeness (QED) is 0.752. The van der Waals surface area contributed by atoms with E-state index in [0.717, 1.165) is 31.2 Å². The van der Waals surface area contributed by atoms with Gasteiger partial charge in [-0.25, -0.2) is 4.79 Å². The molecule has 0 spiro atoms. The Labute approximate surface area is 160 Å². The van der Waals surface area contributed by atoms with Crippen molar-refractivity contribution in [2.45, 2.75) is 38.3 Å². The van der Waals surface area contributed by atoms with Crippen molar-refractivity contribution in [2.24, 2.45) is 7.05 Å². The number of hydrogen-bond acceptors (Lipinski definition) is 4. The van der Waals surface area contributed by atoms with Gasteiger partial charge < -0.3 is 5.32 Å². The Hall–Kier alpha value is -2.67. The molecule has 1 N–H and O–H groups in total. The fourth-order valence-electron chi connectivity index (χ4n) is 3.63. The molecular weight excluding hydrogens is 362 g/mol. The molecule has 3 aromatic rings. The number of nitrogens with zero attached hydrogens (tertiary/aromatic N) is 2. The summed E-state index contributed by atoms with van der Waals surface area (Å²) in [7, 11) is 1.64. The average molecular weight is 383 g/mol. The normalized spacial score (nSPS) is 14.7. The van der Waals surface area contributed by atoms with E-state index in [9.17, 15) is 14.4 Å². The highest BCUT2D eigenvalue weighted by Gasteiger charge is 2.21. The number of amides is 1. The van der Waals surface area contributed by atoms with E-state index in [1.165, 1.54) is 20.5 Å². The maximum atomic E-state index is 12.9. The molecule has 1 fully saturated rings. The van der Waals surface area contributed by atoms with Gasteiger partial charge in [-0.2, -0.15) is 0 Å². The Balaban J connectivity index is 1.73. The van der Waals surface area contributed by atoms with Crippen molar-refractivity contribution >= 4 is 27.5 Å². The standard InChI is InChI=1S/C20H21N3O3S/c1-22-19-15(11-16(27-19)17(24)21-14-9-5-6-10-14)18(25)23(20(22)26)12-13-7-3-2-4-8-13/h2-4,7-8,11,14H,5-6,9-10,12H2,1H3,(H,21,24). The van der Waals surface area contributed by atoms with E-state index in [-0.39, 0.29) is 29.7 Å². The van der Waals surface area contributed by atoms with Crippen molar-refractivity contribution in [3.63, 3.8) is 0 Å². The fourth-order valence-corrected chi connectivity index (χ4v) is 4.64. The maximum Gasteiger partial charge on any atom is 0.332 e. The molecule has 7 heteroatoms. The highest BCUT2D eigenvalue weighted by molar-refractivity contribution is 7.20. The third-order valence-electron chi connectivity index (χ3n) is 5.11. The number of carbonyl (C=O) groups excluding carboxylic acids is 1. The van der Waals surface area contributed by atoms with Gasteiger partial charge in [0.25, 0.3) is 11.5 Å². The summed E-state index contributed by atoms with van der Waals surface area (Å²) in [6.07, 6.45) is 4.27. The summed E-state index contributed by atoms with van der Waals surface area (Å²) < 4.78 is 2.68. The number of aryl methyl sites for hydroxylation is 1. The van der Waals surface area contributed by atoms with Gasteiger partial charge >= 0.3 is 5.69 Å². The summed E-state index contributed by atoms with van der Waals surface area (Å²) in [5.74, 6) is -0.162. The second-order valence-corrected chi connectivity index (χ2v) is 8.03. The van der Waals surface area contributed by atoms with Crippen LogP contribution in [0.2, 0.25) is 0 Å². The summed E-state index contributed by atoms with van der Waals surface area (Å²) in [4.78, 5) is 39.2. The maximum absolute atomic E-state index is 12.9. The van der Waals surface area contributed by atoms with Crippen LogP contribution in [-0.4, -0.2) is 21.1 Å². The lowest BCUT2D eigenvalue weighted by Crippen LogP contribution is -2.38. The highest BCUT2D eigenvalue weighted by atomic mass is 32.1. The summed E-state index contributed by atoms with van der Waals surface area (Å²) in [5.41, 5.74) is 0.152. The Morgan fingerprint density at radius 1 is 1.19 bits per heavy atom. The number of aromatic nitrogens is 2. The zero-order valence-corrected chi connectivity index (χ0v) is 15.9. The minimum absolute atomic E-state index is 0.162. The first kappa shape index (κ1) is 17.7. The van der Waals surface area contributed by atoms with Gasteiger partial charge in [0.2, 0.25) is 0 Å². The molecule has 1 amide bonds. The average Bonchev–Trinajstić information content (AvgIpc) is 3.34. The lowest BCUT2D eigenvalue weighted by molar-refractivity contribution is 0.0942. The molecule has 1 aromatic carbocycles. The van der Waals surface area contributed by atoms with Crippen LogP contribution in [0.15, 0.2) is 46.0 Å². The number of hydrogen-bond donors (Lipinski definition) is 1. The van der Waals surface area contributed by atoms with E-state index in [4.69, 9.17) is 0 Å². The second-order valence-electron chi connectivity index (χ2n) is 7.00. The molecule has 0 radical (unpaired) electrons. The summed E-state index contributed by atoms with van der Waals surface area (Å²) in [6, 6.07) is 11.2. The smallest absolute Gasteiger partial charge is 0.332 e. The number of fused-ring (bicyclic) bond motifs is 1. The van der Waals surface area contributed by atoms with Gasteiger partial charge in [0, 0.05) is 13.1 Å². The molecule has 27 heavy (non-hydrogen) atoms. The third-order valence-corrected chi connectivity index (χ3v) is 6.32. The molecule has 1 saturated carbocycles. The van der Waals surface area contributed by atoms with E-state index < -0.39 is 0 Å². The Morgan fingerprint density at radius 3 is 2.59 bits per heavy atom. The van der Waals surface area contributed by atoms with Gasteiger partial charge in [-0.3, -0.25) is 18.7 Å². The topological polar surface area (TPSA) is 73.1 Å². The summed E-state index contributed by atoms with van der Waals surface area (Å²) >= 11 is 1.20. The molecule has 4 rings (SSSR count). The van der Waals surface area contributed by atoms with E-state index in [2.05, 4.69) is 5.32 Å². The van der Waals surface area contributed by atoms with E-state index in [1.807, 2.05) is 30.3 Å². The Morgan fingerprint density at radius 2 is 1.89 bits per heavy atom. The first-order valence-corrected chi connectivity index (χ1v) is 9.94. The monoisotopic (exact) mass is 383 g/mol. The summed E-state index contributed by atoms with van der Waals surface area (Å²) in [5, 5.41) is 3.45. The molecule has 0 saturated heterocycles. The first-order chi connectivity index (χ1) is 13.0. The van der Waals surface area contributed by atoms with Gasteiger partial charge in [0.05, 0.1) is 16.8 Å². The molecule has 0 aliphatic heterocycles. The number of nitrogens with one attached hydrogen (secondary N) is 1. The molecule has 2 heterocycles. The minimum Gasteiger partial charge on any atom is -0.349 e. The Kier molecular flexibility index (Phi) is 4.70. The third kappa shape index (κ3) is 3.35. The molecule has 140 valence electrons. The van der Waals surface area contributed by atoms with Gasteiger partial charge in [0.1, 0.15) is 4.83 Å². The van der Waals surface area contributed by atoms with Gasteiger partial charge in [-0.05, 0) is 24.5 Å². The number of thiophene rings is 1. The van der Waals surface area contributed by atoms with Crippen LogP contribution >= 0.6 is 11.3 Å².